The van der Waals surface area contributed by atoms with Gasteiger partial charge in [0.15, 0.2) is 6.10 Å². The lowest BCUT2D eigenvalue weighted by Crippen LogP contribution is -2.57. The van der Waals surface area contributed by atoms with Gasteiger partial charge in [-0.3, -0.25) is 4.79 Å². The van der Waals surface area contributed by atoms with Gasteiger partial charge >= 0.3 is 12.1 Å². The van der Waals surface area contributed by atoms with E-state index in [9.17, 15) is 19.5 Å². The van der Waals surface area contributed by atoms with E-state index in [0.29, 0.717) is 6.42 Å². The second-order valence-corrected chi connectivity index (χ2v) is 9.80. The summed E-state index contributed by atoms with van der Waals surface area (Å²) in [5.41, 5.74) is 3.83. The van der Waals surface area contributed by atoms with Crippen LogP contribution in [0.3, 0.4) is 0 Å². The number of hydrogen-bond acceptors (Lipinski definition) is 5. The van der Waals surface area contributed by atoms with E-state index in [1.807, 2.05) is 57.2 Å². The zero-order chi connectivity index (χ0) is 24.5. The highest BCUT2D eigenvalue weighted by atomic mass is 16.5. The first-order valence-electron chi connectivity index (χ1n) is 11.4. The van der Waals surface area contributed by atoms with E-state index >= 15 is 0 Å². The number of hydrogen-bond donors (Lipinski definition) is 3. The van der Waals surface area contributed by atoms with E-state index in [1.54, 1.807) is 0 Å². The van der Waals surface area contributed by atoms with E-state index in [0.717, 1.165) is 22.3 Å². The van der Waals surface area contributed by atoms with E-state index < -0.39 is 41.6 Å². The molecule has 0 bridgehead atoms. The highest BCUT2D eigenvalue weighted by Crippen LogP contribution is 2.44. The molecule has 2 aliphatic rings. The Labute approximate surface area is 198 Å². The molecular formula is C26H30N2O6. The van der Waals surface area contributed by atoms with Crippen molar-refractivity contribution >= 4 is 18.0 Å². The average Bonchev–Trinajstić information content (AvgIpc) is 3.38. The van der Waals surface area contributed by atoms with Crippen molar-refractivity contribution in [3.05, 3.63) is 59.7 Å². The standard InChI is InChI=1S/C26H30N2O6/c1-26(2,3)22(23(29)27-20-12-13-33-21(20)24(30)31)28-25(32)34-14-19-17-10-6-4-8-15(17)16-9-5-7-11-18(16)19/h4-11,19-22H,12-14H2,1-3H3,(H,27,29)(H,28,32)(H,30,31)/t20-,21+,22?/m1/s1. The summed E-state index contributed by atoms with van der Waals surface area (Å²) in [6.07, 6.45) is -1.40. The molecule has 3 atom stereocenters. The summed E-state index contributed by atoms with van der Waals surface area (Å²) in [6.45, 7) is 5.85. The highest BCUT2D eigenvalue weighted by Gasteiger charge is 2.40. The number of rotatable bonds is 6. The van der Waals surface area contributed by atoms with Crippen LogP contribution in [0, 0.1) is 5.41 Å². The number of carboxylic acids is 1. The van der Waals surface area contributed by atoms with Crippen molar-refractivity contribution in [2.75, 3.05) is 13.2 Å². The molecule has 1 aliphatic carbocycles. The van der Waals surface area contributed by atoms with Gasteiger partial charge < -0.3 is 25.2 Å². The van der Waals surface area contributed by atoms with Crippen molar-refractivity contribution in [2.45, 2.75) is 51.3 Å². The minimum atomic E-state index is -1.13. The Morgan fingerprint density at radius 2 is 1.65 bits per heavy atom. The van der Waals surface area contributed by atoms with Crippen molar-refractivity contribution < 1.29 is 29.0 Å². The second kappa shape index (κ2) is 9.46. The third kappa shape index (κ3) is 4.77. The van der Waals surface area contributed by atoms with Gasteiger partial charge in [0.2, 0.25) is 5.91 Å². The van der Waals surface area contributed by atoms with Crippen LogP contribution in [0.1, 0.15) is 44.2 Å². The lowest BCUT2D eigenvalue weighted by molar-refractivity contribution is -0.148. The number of nitrogens with one attached hydrogen (secondary N) is 2. The molecule has 8 heteroatoms. The van der Waals surface area contributed by atoms with Gasteiger partial charge in [-0.1, -0.05) is 69.3 Å². The third-order valence-electron chi connectivity index (χ3n) is 6.40. The largest absolute Gasteiger partial charge is 0.479 e. The lowest BCUT2D eigenvalue weighted by atomic mass is 9.86. The maximum absolute atomic E-state index is 13.0. The number of amides is 2. The molecule has 1 heterocycles. The van der Waals surface area contributed by atoms with Crippen LogP contribution in [-0.2, 0) is 19.1 Å². The second-order valence-electron chi connectivity index (χ2n) is 9.80. The Kier molecular flexibility index (Phi) is 6.61. The van der Waals surface area contributed by atoms with E-state index in [2.05, 4.69) is 22.8 Å². The molecule has 0 aromatic heterocycles. The summed E-state index contributed by atoms with van der Waals surface area (Å²) in [6, 6.07) is 14.5. The Morgan fingerprint density at radius 1 is 1.06 bits per heavy atom. The van der Waals surface area contributed by atoms with Crippen molar-refractivity contribution in [3.8, 4) is 11.1 Å². The number of carbonyl (C=O) groups excluding carboxylic acids is 2. The molecule has 8 nitrogen and oxygen atoms in total. The number of carbonyl (C=O) groups is 3. The fourth-order valence-electron chi connectivity index (χ4n) is 4.68. The first kappa shape index (κ1) is 23.8. The molecule has 0 saturated carbocycles. The predicted molar refractivity (Wildman–Crippen MR) is 125 cm³/mol. The number of aliphatic carboxylic acids is 1. The molecule has 1 unspecified atom stereocenters. The molecule has 2 aromatic carbocycles. The lowest BCUT2D eigenvalue weighted by Gasteiger charge is -2.31. The van der Waals surface area contributed by atoms with Crippen LogP contribution in [0.5, 0.6) is 0 Å². The fourth-order valence-corrected chi connectivity index (χ4v) is 4.68. The Hall–Kier alpha value is -3.39. The van der Waals surface area contributed by atoms with Crippen LogP contribution in [-0.4, -0.2) is 54.5 Å². The molecular weight excluding hydrogens is 436 g/mol. The minimum Gasteiger partial charge on any atom is -0.479 e. The highest BCUT2D eigenvalue weighted by molar-refractivity contribution is 5.87. The molecule has 1 fully saturated rings. The molecule has 1 saturated heterocycles. The quantitative estimate of drug-likeness (QED) is 0.602. The summed E-state index contributed by atoms with van der Waals surface area (Å²) in [5, 5.41) is 14.7. The number of benzene rings is 2. The Bertz CT molecular complexity index is 1050. The van der Waals surface area contributed by atoms with Gasteiger partial charge in [0, 0.05) is 12.5 Å². The number of ether oxygens (including phenoxy) is 2. The maximum Gasteiger partial charge on any atom is 0.407 e. The molecule has 1 aliphatic heterocycles. The first-order valence-corrected chi connectivity index (χ1v) is 11.4. The van der Waals surface area contributed by atoms with Crippen molar-refractivity contribution in [2.24, 2.45) is 5.41 Å². The van der Waals surface area contributed by atoms with E-state index in [-0.39, 0.29) is 19.1 Å². The first-order chi connectivity index (χ1) is 16.2. The summed E-state index contributed by atoms with van der Waals surface area (Å²) >= 11 is 0. The predicted octanol–water partition coefficient (Wildman–Crippen LogP) is 3.30. The van der Waals surface area contributed by atoms with Crippen LogP contribution in [0.4, 0.5) is 4.79 Å². The van der Waals surface area contributed by atoms with Crippen LogP contribution in [0.25, 0.3) is 11.1 Å². The molecule has 2 amide bonds. The van der Waals surface area contributed by atoms with Gasteiger partial charge in [-0.25, -0.2) is 9.59 Å². The summed E-state index contributed by atoms with van der Waals surface area (Å²) in [4.78, 5) is 37.1. The van der Waals surface area contributed by atoms with Crippen molar-refractivity contribution in [1.82, 2.24) is 10.6 Å². The maximum atomic E-state index is 13.0. The zero-order valence-corrected chi connectivity index (χ0v) is 19.5. The van der Waals surface area contributed by atoms with Gasteiger partial charge in [0.1, 0.15) is 12.6 Å². The van der Waals surface area contributed by atoms with Crippen LogP contribution in [0.2, 0.25) is 0 Å². The third-order valence-corrected chi connectivity index (χ3v) is 6.40. The minimum absolute atomic E-state index is 0.0907. The summed E-state index contributed by atoms with van der Waals surface area (Å²) < 4.78 is 10.8. The molecule has 0 spiro atoms. The monoisotopic (exact) mass is 466 g/mol. The molecule has 2 aromatic rings. The number of alkyl carbamates (subject to hydrolysis) is 1. The van der Waals surface area contributed by atoms with Crippen molar-refractivity contribution in [3.63, 3.8) is 0 Å². The van der Waals surface area contributed by atoms with E-state index in [1.165, 1.54) is 0 Å². The SMILES string of the molecule is CC(C)(C)C(NC(=O)OCC1c2ccccc2-c2ccccc21)C(=O)N[C@@H]1CCO[C@@H]1C(=O)O. The molecule has 34 heavy (non-hydrogen) atoms. The topological polar surface area (TPSA) is 114 Å². The smallest absolute Gasteiger partial charge is 0.407 e. The van der Waals surface area contributed by atoms with Crippen LogP contribution < -0.4 is 10.6 Å². The fraction of sp³-hybridized carbons (Fsp3) is 0.423. The van der Waals surface area contributed by atoms with Crippen LogP contribution >= 0.6 is 0 Å². The van der Waals surface area contributed by atoms with Gasteiger partial charge in [-0.15, -0.1) is 0 Å². The van der Waals surface area contributed by atoms with Gasteiger partial charge in [-0.05, 0) is 34.1 Å². The number of fused-ring (bicyclic) bond motifs is 3. The average molecular weight is 467 g/mol. The zero-order valence-electron chi connectivity index (χ0n) is 19.5. The summed E-state index contributed by atoms with van der Waals surface area (Å²) in [7, 11) is 0. The van der Waals surface area contributed by atoms with Gasteiger partial charge in [0.25, 0.3) is 0 Å². The van der Waals surface area contributed by atoms with Crippen LogP contribution in [0.15, 0.2) is 48.5 Å². The number of carboxylic acid groups (broad SMARTS) is 1. The molecule has 4 rings (SSSR count). The van der Waals surface area contributed by atoms with Gasteiger partial charge in [0.05, 0.1) is 6.04 Å². The van der Waals surface area contributed by atoms with Gasteiger partial charge in [-0.2, -0.15) is 0 Å². The Balaban J connectivity index is 1.42. The molecule has 180 valence electrons. The normalized spacial score (nSPS) is 20.2. The van der Waals surface area contributed by atoms with Crippen molar-refractivity contribution in [1.29, 1.82) is 0 Å². The van der Waals surface area contributed by atoms with E-state index in [4.69, 9.17) is 9.47 Å². The Morgan fingerprint density at radius 3 is 2.21 bits per heavy atom. The summed E-state index contributed by atoms with van der Waals surface area (Å²) in [5.74, 6) is -1.69. The molecule has 0 radical (unpaired) electrons. The molecule has 3 N–H and O–H groups in total.